The van der Waals surface area contributed by atoms with Gasteiger partial charge in [-0.15, -0.1) is 0 Å². The Morgan fingerprint density at radius 2 is 1.67 bits per heavy atom. The fourth-order valence-corrected chi connectivity index (χ4v) is 4.16. The van der Waals surface area contributed by atoms with E-state index in [1.54, 1.807) is 6.21 Å². The minimum atomic E-state index is -0.285. The number of hydrogen-bond acceptors (Lipinski definition) is 5. The Labute approximate surface area is 209 Å². The second-order valence-electron chi connectivity index (χ2n) is 9.01. The summed E-state index contributed by atoms with van der Waals surface area (Å²) in [7, 11) is 0. The van der Waals surface area contributed by atoms with Gasteiger partial charge < -0.3 is 11.1 Å². The van der Waals surface area contributed by atoms with Crippen LogP contribution in [-0.2, 0) is 6.42 Å². The molecule has 5 aromatic rings. The zero-order chi connectivity index (χ0) is 25.1. The SMILES string of the molecule is Cc1ccc(/C=N/n2c(N)c(C(=O)N[C@@H](C)CCc3ccccc3)c3nc4ccccc4nc32)cc1. The predicted molar refractivity (Wildman–Crippen MR) is 145 cm³/mol. The van der Waals surface area contributed by atoms with Crippen molar-refractivity contribution in [1.29, 1.82) is 0 Å². The molecule has 36 heavy (non-hydrogen) atoms. The second kappa shape index (κ2) is 10.00. The van der Waals surface area contributed by atoms with Crippen LogP contribution in [-0.4, -0.2) is 32.8 Å². The molecule has 2 aromatic heterocycles. The summed E-state index contributed by atoms with van der Waals surface area (Å²) in [5, 5.41) is 7.67. The van der Waals surface area contributed by atoms with Gasteiger partial charge in [0.05, 0.1) is 17.2 Å². The van der Waals surface area contributed by atoms with Crippen molar-refractivity contribution in [2.45, 2.75) is 32.7 Å². The lowest BCUT2D eigenvalue weighted by Crippen LogP contribution is -2.33. The summed E-state index contributed by atoms with van der Waals surface area (Å²) in [6, 6.07) is 25.7. The summed E-state index contributed by atoms with van der Waals surface area (Å²) in [5.74, 6) is -0.0802. The highest BCUT2D eigenvalue weighted by Crippen LogP contribution is 2.28. The van der Waals surface area contributed by atoms with Crippen molar-refractivity contribution in [3.63, 3.8) is 0 Å². The number of carbonyl (C=O) groups excluding carboxylic acids is 1. The summed E-state index contributed by atoms with van der Waals surface area (Å²) in [6.07, 6.45) is 3.37. The van der Waals surface area contributed by atoms with E-state index in [1.807, 2.05) is 80.6 Å². The fraction of sp³-hybridized carbons (Fsp3) is 0.172. The average Bonchev–Trinajstić information content (AvgIpc) is 3.16. The standard InChI is InChI=1S/C29H28N6O/c1-19-12-15-22(16-13-19)18-31-35-27(30)25(26-28(35)34-24-11-7-6-10-23(24)33-26)29(36)32-20(2)14-17-21-8-4-3-5-9-21/h3-13,15-16,18,20H,14,17,30H2,1-2H3,(H,32,36)/b31-18+/t20-/m0/s1. The number of aryl methyl sites for hydroxylation is 2. The van der Waals surface area contributed by atoms with Crippen molar-refractivity contribution in [2.75, 3.05) is 5.73 Å². The molecule has 7 nitrogen and oxygen atoms in total. The number of nitrogens with two attached hydrogens (primary N) is 1. The maximum Gasteiger partial charge on any atom is 0.257 e. The molecule has 0 aliphatic heterocycles. The molecule has 0 bridgehead atoms. The second-order valence-corrected chi connectivity index (χ2v) is 9.01. The third-order valence-electron chi connectivity index (χ3n) is 6.19. The van der Waals surface area contributed by atoms with Crippen LogP contribution < -0.4 is 11.1 Å². The molecule has 2 heterocycles. The highest BCUT2D eigenvalue weighted by molar-refractivity contribution is 6.10. The Morgan fingerprint density at radius 1 is 1.00 bits per heavy atom. The molecule has 3 N–H and O–H groups in total. The third kappa shape index (κ3) is 4.81. The Morgan fingerprint density at radius 3 is 2.39 bits per heavy atom. The van der Waals surface area contributed by atoms with Gasteiger partial charge in [-0.2, -0.15) is 9.78 Å². The third-order valence-corrected chi connectivity index (χ3v) is 6.19. The van der Waals surface area contributed by atoms with E-state index in [4.69, 9.17) is 15.7 Å². The van der Waals surface area contributed by atoms with E-state index in [0.29, 0.717) is 22.2 Å². The van der Waals surface area contributed by atoms with Crippen LogP contribution in [0.1, 0.15) is 40.4 Å². The van der Waals surface area contributed by atoms with Crippen molar-refractivity contribution in [1.82, 2.24) is 20.0 Å². The van der Waals surface area contributed by atoms with Gasteiger partial charge in [-0.3, -0.25) is 4.79 Å². The van der Waals surface area contributed by atoms with Crippen LogP contribution in [0.3, 0.4) is 0 Å². The van der Waals surface area contributed by atoms with E-state index in [2.05, 4.69) is 22.6 Å². The van der Waals surface area contributed by atoms with Gasteiger partial charge in [-0.1, -0.05) is 72.3 Å². The Hall–Kier alpha value is -4.52. The molecule has 0 aliphatic rings. The van der Waals surface area contributed by atoms with Gasteiger partial charge in [0.1, 0.15) is 16.9 Å². The van der Waals surface area contributed by atoms with E-state index >= 15 is 0 Å². The number of nitrogens with one attached hydrogen (secondary N) is 1. The van der Waals surface area contributed by atoms with Gasteiger partial charge in [0.15, 0.2) is 5.65 Å². The van der Waals surface area contributed by atoms with Crippen LogP contribution in [0.15, 0.2) is 84.0 Å². The number of anilines is 1. The maximum atomic E-state index is 13.4. The van der Waals surface area contributed by atoms with E-state index < -0.39 is 0 Å². The molecular formula is C29H28N6O. The molecular weight excluding hydrogens is 448 g/mol. The largest absolute Gasteiger partial charge is 0.383 e. The first-order chi connectivity index (χ1) is 17.5. The number of nitrogens with zero attached hydrogens (tertiary/aromatic N) is 4. The lowest BCUT2D eigenvalue weighted by molar-refractivity contribution is 0.0940. The van der Waals surface area contributed by atoms with Crippen molar-refractivity contribution in [2.24, 2.45) is 5.10 Å². The monoisotopic (exact) mass is 476 g/mol. The summed E-state index contributed by atoms with van der Waals surface area (Å²) in [6.45, 7) is 4.03. The van der Waals surface area contributed by atoms with E-state index in [9.17, 15) is 4.79 Å². The van der Waals surface area contributed by atoms with E-state index in [-0.39, 0.29) is 23.3 Å². The molecule has 180 valence electrons. The minimum absolute atomic E-state index is 0.0556. The van der Waals surface area contributed by atoms with Crippen molar-refractivity contribution in [3.8, 4) is 0 Å². The van der Waals surface area contributed by atoms with E-state index in [1.165, 1.54) is 10.2 Å². The highest BCUT2D eigenvalue weighted by Gasteiger charge is 2.25. The number of amides is 1. The van der Waals surface area contributed by atoms with Crippen LogP contribution in [0, 0.1) is 6.92 Å². The fourth-order valence-electron chi connectivity index (χ4n) is 4.16. The molecule has 5 rings (SSSR count). The molecule has 0 spiro atoms. The summed E-state index contributed by atoms with van der Waals surface area (Å²) >= 11 is 0. The molecule has 0 saturated heterocycles. The van der Waals surface area contributed by atoms with Gasteiger partial charge in [0.25, 0.3) is 5.91 Å². The van der Waals surface area contributed by atoms with Crippen molar-refractivity contribution < 1.29 is 4.79 Å². The van der Waals surface area contributed by atoms with Crippen LogP contribution >= 0.6 is 0 Å². The molecule has 0 aliphatic carbocycles. The molecule has 1 atom stereocenters. The number of fused-ring (bicyclic) bond motifs is 2. The lowest BCUT2D eigenvalue weighted by Gasteiger charge is -2.14. The zero-order valence-electron chi connectivity index (χ0n) is 20.3. The number of hydrogen-bond donors (Lipinski definition) is 2. The van der Waals surface area contributed by atoms with Gasteiger partial charge in [0.2, 0.25) is 0 Å². The number of rotatable bonds is 7. The van der Waals surface area contributed by atoms with Crippen LogP contribution in [0.4, 0.5) is 5.82 Å². The predicted octanol–water partition coefficient (Wildman–Crippen LogP) is 5.11. The number of nitrogen functional groups attached to an aromatic ring is 1. The summed E-state index contributed by atoms with van der Waals surface area (Å²) in [4.78, 5) is 22.9. The van der Waals surface area contributed by atoms with E-state index in [0.717, 1.165) is 24.0 Å². The lowest BCUT2D eigenvalue weighted by atomic mass is 10.1. The number of carbonyl (C=O) groups is 1. The van der Waals surface area contributed by atoms with Crippen molar-refractivity contribution in [3.05, 3.63) is 101 Å². The van der Waals surface area contributed by atoms with Crippen LogP contribution in [0.5, 0.6) is 0 Å². The quantitative estimate of drug-likeness (QED) is 0.319. The first-order valence-electron chi connectivity index (χ1n) is 12.0. The van der Waals surface area contributed by atoms with Crippen LogP contribution in [0.2, 0.25) is 0 Å². The molecule has 1 amide bonds. The number of aromatic nitrogens is 3. The molecule has 3 aromatic carbocycles. The smallest absolute Gasteiger partial charge is 0.257 e. The molecule has 0 fully saturated rings. The van der Waals surface area contributed by atoms with Crippen molar-refractivity contribution >= 4 is 40.1 Å². The van der Waals surface area contributed by atoms with Gasteiger partial charge in [0, 0.05) is 6.04 Å². The summed E-state index contributed by atoms with van der Waals surface area (Å²) < 4.78 is 1.50. The van der Waals surface area contributed by atoms with Gasteiger partial charge in [-0.05, 0) is 49.9 Å². The summed E-state index contributed by atoms with van der Waals surface area (Å²) in [5.41, 5.74) is 12.4. The average molecular weight is 477 g/mol. The normalized spacial score (nSPS) is 12.4. The molecule has 0 saturated carbocycles. The minimum Gasteiger partial charge on any atom is -0.383 e. The molecule has 0 radical (unpaired) electrons. The molecule has 7 heteroatoms. The maximum absolute atomic E-state index is 13.4. The number of benzene rings is 3. The van der Waals surface area contributed by atoms with Gasteiger partial charge in [-0.25, -0.2) is 9.97 Å². The molecule has 0 unspecified atom stereocenters. The Bertz CT molecular complexity index is 1550. The Kier molecular flexibility index (Phi) is 6.45. The van der Waals surface area contributed by atoms with Gasteiger partial charge >= 0.3 is 0 Å². The Balaban J connectivity index is 1.49. The first kappa shape index (κ1) is 23.2. The highest BCUT2D eigenvalue weighted by atomic mass is 16.1. The topological polar surface area (TPSA) is 98.2 Å². The number of para-hydroxylation sites is 2. The van der Waals surface area contributed by atoms with Crippen LogP contribution in [0.25, 0.3) is 22.2 Å². The zero-order valence-corrected chi connectivity index (χ0v) is 20.3. The first-order valence-corrected chi connectivity index (χ1v) is 12.0.